The number of nitrogens with zero attached hydrogens (tertiary/aromatic N) is 3. The van der Waals surface area contributed by atoms with E-state index < -0.39 is 0 Å². The molecule has 0 fully saturated rings. The Labute approximate surface area is 122 Å². The van der Waals surface area contributed by atoms with Gasteiger partial charge < -0.3 is 10.1 Å². The zero-order valence-electron chi connectivity index (χ0n) is 11.5. The first-order chi connectivity index (χ1) is 9.78. The molecule has 5 nitrogen and oxygen atoms in total. The standard InChI is InChI=1S/C14H16N4OS/c1-3-8-20-14-16-13-12(17-18-14)10-6-4-5-7-11(10)15-9(2)19-13/h4-7,9,15H,3,8H2,1-2H3. The summed E-state index contributed by atoms with van der Waals surface area (Å²) in [6, 6.07) is 7.96. The minimum absolute atomic E-state index is 0.155. The number of ether oxygens (including phenoxy) is 1. The highest BCUT2D eigenvalue weighted by atomic mass is 32.2. The van der Waals surface area contributed by atoms with Crippen LogP contribution in [0.5, 0.6) is 5.88 Å². The first kappa shape index (κ1) is 13.2. The smallest absolute Gasteiger partial charge is 0.247 e. The molecular weight excluding hydrogens is 272 g/mol. The van der Waals surface area contributed by atoms with Gasteiger partial charge in [0.2, 0.25) is 11.0 Å². The van der Waals surface area contributed by atoms with Gasteiger partial charge in [-0.25, -0.2) is 0 Å². The van der Waals surface area contributed by atoms with Crippen molar-refractivity contribution in [1.29, 1.82) is 0 Å². The molecular formula is C14H16N4OS. The molecule has 1 aromatic carbocycles. The summed E-state index contributed by atoms with van der Waals surface area (Å²) in [5.74, 6) is 1.52. The maximum Gasteiger partial charge on any atom is 0.247 e. The van der Waals surface area contributed by atoms with E-state index in [9.17, 15) is 0 Å². The molecule has 20 heavy (non-hydrogen) atoms. The molecule has 0 radical (unpaired) electrons. The van der Waals surface area contributed by atoms with Gasteiger partial charge in [-0.1, -0.05) is 36.9 Å². The molecule has 0 saturated heterocycles. The Morgan fingerprint density at radius 1 is 1.30 bits per heavy atom. The lowest BCUT2D eigenvalue weighted by Gasteiger charge is -2.13. The van der Waals surface area contributed by atoms with Crippen molar-refractivity contribution in [3.05, 3.63) is 24.3 Å². The van der Waals surface area contributed by atoms with E-state index in [0.717, 1.165) is 23.4 Å². The maximum atomic E-state index is 5.82. The second-order valence-corrected chi connectivity index (χ2v) is 5.61. The zero-order valence-corrected chi connectivity index (χ0v) is 12.3. The SMILES string of the molecule is CCCSc1nnc2c(n1)OC(C)Nc1ccccc1-2. The molecule has 0 saturated carbocycles. The van der Waals surface area contributed by atoms with Gasteiger partial charge in [0, 0.05) is 17.0 Å². The summed E-state index contributed by atoms with van der Waals surface area (Å²) in [4.78, 5) is 4.49. The molecule has 1 aliphatic rings. The lowest BCUT2D eigenvalue weighted by molar-refractivity contribution is 0.240. The van der Waals surface area contributed by atoms with Gasteiger partial charge in [0.05, 0.1) is 0 Å². The van der Waals surface area contributed by atoms with Gasteiger partial charge >= 0.3 is 0 Å². The van der Waals surface area contributed by atoms with Crippen molar-refractivity contribution < 1.29 is 4.74 Å². The minimum atomic E-state index is -0.155. The van der Waals surface area contributed by atoms with Crippen LogP contribution in [0.2, 0.25) is 0 Å². The fourth-order valence-corrected chi connectivity index (χ4v) is 2.67. The number of anilines is 1. The summed E-state index contributed by atoms with van der Waals surface area (Å²) >= 11 is 1.60. The molecule has 1 unspecified atom stereocenters. The van der Waals surface area contributed by atoms with Gasteiger partial charge in [0.25, 0.3) is 0 Å². The van der Waals surface area contributed by atoms with Crippen molar-refractivity contribution in [2.45, 2.75) is 31.7 Å². The Balaban J connectivity index is 2.04. The third kappa shape index (κ3) is 2.56. The highest BCUT2D eigenvalue weighted by Gasteiger charge is 2.22. The zero-order chi connectivity index (χ0) is 13.9. The number of nitrogens with one attached hydrogen (secondary N) is 1. The van der Waals surface area contributed by atoms with Crippen LogP contribution in [0.4, 0.5) is 5.69 Å². The highest BCUT2D eigenvalue weighted by molar-refractivity contribution is 7.99. The molecule has 2 aromatic rings. The number of aromatic nitrogens is 3. The number of hydrogen-bond donors (Lipinski definition) is 1. The van der Waals surface area contributed by atoms with E-state index in [4.69, 9.17) is 4.74 Å². The molecule has 2 heterocycles. The van der Waals surface area contributed by atoms with E-state index in [2.05, 4.69) is 27.4 Å². The second-order valence-electron chi connectivity index (χ2n) is 4.55. The summed E-state index contributed by atoms with van der Waals surface area (Å²) in [7, 11) is 0. The predicted molar refractivity (Wildman–Crippen MR) is 80.0 cm³/mol. The molecule has 0 spiro atoms. The van der Waals surface area contributed by atoms with Crippen LogP contribution in [0.1, 0.15) is 20.3 Å². The highest BCUT2D eigenvalue weighted by Crippen LogP contribution is 2.35. The van der Waals surface area contributed by atoms with Crippen molar-refractivity contribution >= 4 is 17.4 Å². The molecule has 1 N–H and O–H groups in total. The van der Waals surface area contributed by atoms with Gasteiger partial charge in [-0.2, -0.15) is 4.98 Å². The average Bonchev–Trinajstić information content (AvgIpc) is 2.59. The molecule has 1 aliphatic heterocycles. The second kappa shape index (κ2) is 5.66. The predicted octanol–water partition coefficient (Wildman–Crippen LogP) is 3.19. The topological polar surface area (TPSA) is 59.9 Å². The number of benzene rings is 1. The third-order valence-corrected chi connectivity index (χ3v) is 3.94. The van der Waals surface area contributed by atoms with Gasteiger partial charge in [-0.3, -0.25) is 0 Å². The van der Waals surface area contributed by atoms with Crippen LogP contribution >= 0.6 is 11.8 Å². The van der Waals surface area contributed by atoms with Crippen LogP contribution in [-0.2, 0) is 0 Å². The number of thioether (sulfide) groups is 1. The quantitative estimate of drug-likeness (QED) is 0.875. The fraction of sp³-hybridized carbons (Fsp3) is 0.357. The van der Waals surface area contributed by atoms with Crippen molar-refractivity contribution in [3.8, 4) is 17.1 Å². The number of para-hydroxylation sites is 1. The molecule has 0 aliphatic carbocycles. The van der Waals surface area contributed by atoms with Gasteiger partial charge in [0.15, 0.2) is 11.9 Å². The van der Waals surface area contributed by atoms with E-state index >= 15 is 0 Å². The first-order valence-electron chi connectivity index (χ1n) is 6.68. The summed E-state index contributed by atoms with van der Waals surface area (Å²) in [5.41, 5.74) is 2.65. The van der Waals surface area contributed by atoms with Crippen molar-refractivity contribution in [2.24, 2.45) is 0 Å². The molecule has 104 valence electrons. The maximum absolute atomic E-state index is 5.82. The van der Waals surface area contributed by atoms with Crippen molar-refractivity contribution in [2.75, 3.05) is 11.1 Å². The summed E-state index contributed by atoms with van der Waals surface area (Å²) in [6.45, 7) is 4.08. The molecule has 6 heteroatoms. The third-order valence-electron chi connectivity index (χ3n) is 2.90. The van der Waals surface area contributed by atoms with Crippen LogP contribution in [0.3, 0.4) is 0 Å². The molecule has 1 atom stereocenters. The van der Waals surface area contributed by atoms with E-state index in [1.165, 1.54) is 0 Å². The van der Waals surface area contributed by atoms with Crippen molar-refractivity contribution in [1.82, 2.24) is 15.2 Å². The minimum Gasteiger partial charge on any atom is -0.452 e. The Hall–Kier alpha value is -1.82. The van der Waals surface area contributed by atoms with E-state index in [0.29, 0.717) is 16.7 Å². The van der Waals surface area contributed by atoms with Crippen LogP contribution < -0.4 is 10.1 Å². The van der Waals surface area contributed by atoms with E-state index in [-0.39, 0.29) is 6.23 Å². The Morgan fingerprint density at radius 3 is 3.00 bits per heavy atom. The fourth-order valence-electron chi connectivity index (χ4n) is 2.03. The molecule has 0 amide bonds. The van der Waals surface area contributed by atoms with Crippen LogP contribution in [0.15, 0.2) is 29.4 Å². The van der Waals surface area contributed by atoms with Crippen molar-refractivity contribution in [3.63, 3.8) is 0 Å². The molecule has 0 bridgehead atoms. The number of hydrogen-bond acceptors (Lipinski definition) is 6. The van der Waals surface area contributed by atoms with Crippen LogP contribution in [0, 0.1) is 0 Å². The summed E-state index contributed by atoms with van der Waals surface area (Å²) < 4.78 is 5.82. The lowest BCUT2D eigenvalue weighted by atomic mass is 10.1. The lowest BCUT2D eigenvalue weighted by Crippen LogP contribution is -2.21. The molecule has 3 rings (SSSR count). The monoisotopic (exact) mass is 288 g/mol. The Kier molecular flexibility index (Phi) is 3.73. The summed E-state index contributed by atoms with van der Waals surface area (Å²) in [6.07, 6.45) is 0.922. The normalized spacial score (nSPS) is 16.4. The van der Waals surface area contributed by atoms with Gasteiger partial charge in [-0.05, 0) is 19.4 Å². The average molecular weight is 288 g/mol. The Morgan fingerprint density at radius 2 is 2.15 bits per heavy atom. The largest absolute Gasteiger partial charge is 0.452 e. The van der Waals surface area contributed by atoms with Crippen LogP contribution in [0.25, 0.3) is 11.3 Å². The number of rotatable bonds is 3. The van der Waals surface area contributed by atoms with Gasteiger partial charge in [0.1, 0.15) is 0 Å². The number of fused-ring (bicyclic) bond motifs is 3. The Bertz CT molecular complexity index is 620. The van der Waals surface area contributed by atoms with Gasteiger partial charge in [-0.15, -0.1) is 10.2 Å². The summed E-state index contributed by atoms with van der Waals surface area (Å²) in [5, 5.41) is 12.5. The molecule has 1 aromatic heterocycles. The van der Waals surface area contributed by atoms with E-state index in [1.807, 2.05) is 31.2 Å². The van der Waals surface area contributed by atoms with E-state index in [1.54, 1.807) is 11.8 Å². The van der Waals surface area contributed by atoms with Crippen LogP contribution in [-0.4, -0.2) is 27.2 Å². The first-order valence-corrected chi connectivity index (χ1v) is 7.66.